The molecule has 1 aromatic rings. The number of hydrogen-bond donors (Lipinski definition) is 1. The minimum atomic E-state index is -0.0811. The summed E-state index contributed by atoms with van der Waals surface area (Å²) in [5, 5.41) is 2.13. The van der Waals surface area contributed by atoms with Crippen molar-refractivity contribution >= 4 is 11.3 Å². The van der Waals surface area contributed by atoms with Crippen LogP contribution in [0.2, 0.25) is 0 Å². The first-order valence-corrected chi connectivity index (χ1v) is 5.96. The van der Waals surface area contributed by atoms with Gasteiger partial charge in [0.15, 0.2) is 0 Å². The average Bonchev–Trinajstić information content (AvgIpc) is 2.73. The second-order valence-electron chi connectivity index (χ2n) is 4.18. The van der Waals surface area contributed by atoms with Gasteiger partial charge in [0.1, 0.15) is 5.60 Å². The largest absolute Gasteiger partial charge is 0.365 e. The Hall–Kier alpha value is -0.380. The smallest absolute Gasteiger partial charge is 0.100 e. The molecule has 2 nitrogen and oxygen atoms in total. The molecular formula is C11H17NOS. The molecule has 1 aliphatic heterocycles. The predicted molar refractivity (Wildman–Crippen MR) is 59.6 cm³/mol. The van der Waals surface area contributed by atoms with Gasteiger partial charge in [-0.15, -0.1) is 11.3 Å². The van der Waals surface area contributed by atoms with Crippen LogP contribution in [-0.2, 0) is 10.3 Å². The lowest BCUT2D eigenvalue weighted by atomic mass is 9.98. The quantitative estimate of drug-likeness (QED) is 0.815. The fraction of sp³-hybridized carbons (Fsp3) is 0.636. The molecule has 2 N–H and O–H groups in total. The van der Waals surface area contributed by atoms with Crippen LogP contribution in [0.25, 0.3) is 0 Å². The highest BCUT2D eigenvalue weighted by Crippen LogP contribution is 2.42. The van der Waals surface area contributed by atoms with Crippen molar-refractivity contribution in [3.05, 3.63) is 21.9 Å². The molecule has 2 heterocycles. The van der Waals surface area contributed by atoms with E-state index < -0.39 is 0 Å². The van der Waals surface area contributed by atoms with Crippen molar-refractivity contribution in [2.45, 2.75) is 38.4 Å². The molecule has 0 aliphatic carbocycles. The molecule has 2 atom stereocenters. The number of aryl methyl sites for hydroxylation is 1. The molecule has 0 aromatic carbocycles. The van der Waals surface area contributed by atoms with Gasteiger partial charge in [-0.3, -0.25) is 0 Å². The number of rotatable bonds is 2. The lowest BCUT2D eigenvalue weighted by Gasteiger charge is -2.24. The zero-order valence-corrected chi connectivity index (χ0v) is 9.56. The molecule has 2 rings (SSSR count). The van der Waals surface area contributed by atoms with E-state index in [0.29, 0.717) is 6.54 Å². The summed E-state index contributed by atoms with van der Waals surface area (Å²) < 4.78 is 6.01. The summed E-state index contributed by atoms with van der Waals surface area (Å²) >= 11 is 1.79. The Kier molecular flexibility index (Phi) is 2.64. The van der Waals surface area contributed by atoms with Gasteiger partial charge in [0.25, 0.3) is 0 Å². The van der Waals surface area contributed by atoms with E-state index in [1.807, 2.05) is 0 Å². The van der Waals surface area contributed by atoms with Crippen molar-refractivity contribution in [1.82, 2.24) is 0 Å². The lowest BCUT2D eigenvalue weighted by Crippen LogP contribution is -2.25. The molecule has 2 unspecified atom stereocenters. The molecule has 0 bridgehead atoms. The minimum absolute atomic E-state index is 0.0811. The molecule has 1 fully saturated rings. The van der Waals surface area contributed by atoms with E-state index in [9.17, 15) is 0 Å². The van der Waals surface area contributed by atoms with Gasteiger partial charge in [0, 0.05) is 11.4 Å². The van der Waals surface area contributed by atoms with E-state index in [4.69, 9.17) is 10.5 Å². The van der Waals surface area contributed by atoms with E-state index in [0.717, 1.165) is 12.8 Å². The van der Waals surface area contributed by atoms with Crippen LogP contribution >= 0.6 is 11.3 Å². The summed E-state index contributed by atoms with van der Waals surface area (Å²) in [6, 6.07) is 2.16. The molecular weight excluding hydrogens is 194 g/mol. The molecule has 0 saturated carbocycles. The predicted octanol–water partition coefficient (Wildman–Crippen LogP) is 2.41. The van der Waals surface area contributed by atoms with E-state index in [1.165, 1.54) is 10.4 Å². The Morgan fingerprint density at radius 3 is 3.00 bits per heavy atom. The van der Waals surface area contributed by atoms with Crippen LogP contribution in [0, 0.1) is 6.92 Å². The molecule has 78 valence electrons. The van der Waals surface area contributed by atoms with Crippen LogP contribution in [0.5, 0.6) is 0 Å². The topological polar surface area (TPSA) is 35.2 Å². The fourth-order valence-electron chi connectivity index (χ4n) is 2.17. The van der Waals surface area contributed by atoms with E-state index >= 15 is 0 Å². The maximum Gasteiger partial charge on any atom is 0.100 e. The van der Waals surface area contributed by atoms with Crippen LogP contribution in [-0.4, -0.2) is 12.6 Å². The first kappa shape index (κ1) is 10.1. The molecule has 14 heavy (non-hydrogen) atoms. The standard InChI is InChI=1S/C11H17NOS/c1-8-4-6-14-10(8)11(2)5-3-9(7-12)13-11/h4,6,9H,3,5,7,12H2,1-2H3. The Balaban J connectivity index is 2.22. The lowest BCUT2D eigenvalue weighted by molar-refractivity contribution is -0.0261. The highest BCUT2D eigenvalue weighted by atomic mass is 32.1. The second kappa shape index (κ2) is 3.65. The van der Waals surface area contributed by atoms with E-state index in [-0.39, 0.29) is 11.7 Å². The molecule has 0 amide bonds. The highest BCUT2D eigenvalue weighted by Gasteiger charge is 2.38. The zero-order valence-electron chi connectivity index (χ0n) is 8.75. The van der Waals surface area contributed by atoms with Crippen molar-refractivity contribution in [3.63, 3.8) is 0 Å². The van der Waals surface area contributed by atoms with Gasteiger partial charge < -0.3 is 10.5 Å². The number of ether oxygens (including phenoxy) is 1. The van der Waals surface area contributed by atoms with Crippen LogP contribution < -0.4 is 5.73 Å². The van der Waals surface area contributed by atoms with Crippen LogP contribution in [0.1, 0.15) is 30.2 Å². The van der Waals surface area contributed by atoms with E-state index in [2.05, 4.69) is 25.3 Å². The summed E-state index contributed by atoms with van der Waals surface area (Å²) in [5.41, 5.74) is 6.89. The van der Waals surface area contributed by atoms with Crippen molar-refractivity contribution in [2.24, 2.45) is 5.73 Å². The molecule has 1 aromatic heterocycles. The van der Waals surface area contributed by atoms with Crippen molar-refractivity contribution < 1.29 is 4.74 Å². The third kappa shape index (κ3) is 1.60. The Morgan fingerprint density at radius 1 is 1.71 bits per heavy atom. The van der Waals surface area contributed by atoms with Gasteiger partial charge in [-0.1, -0.05) is 0 Å². The van der Waals surface area contributed by atoms with Gasteiger partial charge in [-0.2, -0.15) is 0 Å². The van der Waals surface area contributed by atoms with Gasteiger partial charge in [-0.05, 0) is 43.7 Å². The van der Waals surface area contributed by atoms with Crippen molar-refractivity contribution in [3.8, 4) is 0 Å². The summed E-state index contributed by atoms with van der Waals surface area (Å²) in [5.74, 6) is 0. The van der Waals surface area contributed by atoms with Crippen LogP contribution in [0.15, 0.2) is 11.4 Å². The fourth-order valence-corrected chi connectivity index (χ4v) is 3.23. The molecule has 0 radical (unpaired) electrons. The number of hydrogen-bond acceptors (Lipinski definition) is 3. The van der Waals surface area contributed by atoms with Gasteiger partial charge in [0.05, 0.1) is 6.10 Å². The second-order valence-corrected chi connectivity index (χ2v) is 5.09. The maximum absolute atomic E-state index is 6.01. The molecule has 1 aliphatic rings. The van der Waals surface area contributed by atoms with E-state index in [1.54, 1.807) is 11.3 Å². The maximum atomic E-state index is 6.01. The van der Waals surface area contributed by atoms with Crippen molar-refractivity contribution in [2.75, 3.05) is 6.54 Å². The molecule has 1 saturated heterocycles. The zero-order chi connectivity index (χ0) is 10.2. The van der Waals surface area contributed by atoms with Gasteiger partial charge in [0.2, 0.25) is 0 Å². The van der Waals surface area contributed by atoms with Gasteiger partial charge in [-0.25, -0.2) is 0 Å². The third-order valence-electron chi connectivity index (χ3n) is 2.98. The average molecular weight is 211 g/mol. The first-order chi connectivity index (χ1) is 6.65. The van der Waals surface area contributed by atoms with Gasteiger partial charge >= 0.3 is 0 Å². The Labute approximate surface area is 89.1 Å². The summed E-state index contributed by atoms with van der Waals surface area (Å²) in [7, 11) is 0. The number of nitrogens with two attached hydrogens (primary N) is 1. The highest BCUT2D eigenvalue weighted by molar-refractivity contribution is 7.10. The monoisotopic (exact) mass is 211 g/mol. The SMILES string of the molecule is Cc1ccsc1C1(C)CCC(CN)O1. The Bertz CT molecular complexity index is 323. The van der Waals surface area contributed by atoms with Crippen LogP contribution in [0.3, 0.4) is 0 Å². The summed E-state index contributed by atoms with van der Waals surface area (Å²) in [6.07, 6.45) is 2.43. The summed E-state index contributed by atoms with van der Waals surface area (Å²) in [4.78, 5) is 1.37. The minimum Gasteiger partial charge on any atom is -0.365 e. The molecule has 0 spiro atoms. The number of thiophene rings is 1. The molecule has 3 heteroatoms. The summed E-state index contributed by atoms with van der Waals surface area (Å²) in [6.45, 7) is 4.97. The Morgan fingerprint density at radius 2 is 2.50 bits per heavy atom. The van der Waals surface area contributed by atoms with Crippen molar-refractivity contribution in [1.29, 1.82) is 0 Å². The van der Waals surface area contributed by atoms with Crippen LogP contribution in [0.4, 0.5) is 0 Å². The normalized spacial score (nSPS) is 32.4. The third-order valence-corrected chi connectivity index (χ3v) is 4.24. The first-order valence-electron chi connectivity index (χ1n) is 5.08.